The number of hydrogen-bond donors (Lipinski definition) is 2. The van der Waals surface area contributed by atoms with Gasteiger partial charge >= 0.3 is 0 Å². The summed E-state index contributed by atoms with van der Waals surface area (Å²) in [7, 11) is 0. The van der Waals surface area contributed by atoms with Crippen LogP contribution in [-0.2, 0) is 6.61 Å². The summed E-state index contributed by atoms with van der Waals surface area (Å²) in [5.41, 5.74) is 2.87. The predicted molar refractivity (Wildman–Crippen MR) is 107 cm³/mol. The lowest BCUT2D eigenvalue weighted by Gasteiger charge is -2.14. The highest BCUT2D eigenvalue weighted by molar-refractivity contribution is 5.94. The van der Waals surface area contributed by atoms with Gasteiger partial charge in [0.1, 0.15) is 12.4 Å². The van der Waals surface area contributed by atoms with E-state index in [4.69, 9.17) is 4.74 Å². The normalized spacial score (nSPS) is 12.8. The quantitative estimate of drug-likeness (QED) is 0.737. The van der Waals surface area contributed by atoms with Crippen LogP contribution in [0.1, 0.15) is 22.3 Å². The number of amides is 1. The van der Waals surface area contributed by atoms with Crippen LogP contribution in [-0.4, -0.2) is 30.5 Å². The Morgan fingerprint density at radius 3 is 2.85 bits per heavy atom. The number of hydrogen-bond acceptors (Lipinski definition) is 4. The van der Waals surface area contributed by atoms with Gasteiger partial charge in [0.15, 0.2) is 0 Å². The van der Waals surface area contributed by atoms with Crippen LogP contribution in [0.2, 0.25) is 0 Å². The van der Waals surface area contributed by atoms with Crippen molar-refractivity contribution in [2.45, 2.75) is 13.0 Å². The molecule has 0 unspecified atom stereocenters. The Morgan fingerprint density at radius 1 is 1.23 bits per heavy atom. The van der Waals surface area contributed by atoms with Gasteiger partial charge in [-0.3, -0.25) is 9.78 Å². The van der Waals surface area contributed by atoms with Gasteiger partial charge in [0, 0.05) is 36.6 Å². The average Bonchev–Trinajstić information content (AvgIpc) is 2.66. The first kappa shape index (κ1) is 22.0. The molecule has 1 aromatic carbocycles. The second kappa shape index (κ2) is 11.5. The number of rotatable bonds is 6. The van der Waals surface area contributed by atoms with E-state index in [1.54, 1.807) is 24.5 Å². The number of nitrogens with zero attached hydrogens (tertiary/aromatic N) is 1. The maximum atomic E-state index is 12.3. The van der Waals surface area contributed by atoms with Gasteiger partial charge in [0.25, 0.3) is 5.91 Å². The topological polar surface area (TPSA) is 63.2 Å². The predicted octanol–water partition coefficient (Wildman–Crippen LogP) is 3.15. The number of halogens is 2. The third-order valence-electron chi connectivity index (χ3n) is 3.86. The van der Waals surface area contributed by atoms with Crippen LogP contribution < -0.4 is 15.4 Å². The van der Waals surface area contributed by atoms with Crippen molar-refractivity contribution < 1.29 is 9.53 Å². The van der Waals surface area contributed by atoms with Crippen molar-refractivity contribution in [3.63, 3.8) is 0 Å². The zero-order valence-electron chi connectivity index (χ0n) is 14.3. The molecule has 140 valence electrons. The summed E-state index contributed by atoms with van der Waals surface area (Å²) < 4.78 is 5.74. The van der Waals surface area contributed by atoms with E-state index in [9.17, 15) is 4.79 Å². The van der Waals surface area contributed by atoms with Crippen LogP contribution in [0.4, 0.5) is 0 Å². The van der Waals surface area contributed by atoms with Gasteiger partial charge in [0.2, 0.25) is 0 Å². The molecule has 7 heteroatoms. The van der Waals surface area contributed by atoms with Gasteiger partial charge < -0.3 is 15.4 Å². The molecule has 0 spiro atoms. The van der Waals surface area contributed by atoms with Crippen LogP contribution in [0.3, 0.4) is 0 Å². The lowest BCUT2D eigenvalue weighted by molar-refractivity contribution is 0.0956. The van der Waals surface area contributed by atoms with Crippen LogP contribution in [0.25, 0.3) is 0 Å². The van der Waals surface area contributed by atoms with Crippen molar-refractivity contribution in [1.82, 2.24) is 15.6 Å². The van der Waals surface area contributed by atoms with Gasteiger partial charge in [-0.2, -0.15) is 0 Å². The Kier molecular flexibility index (Phi) is 9.73. The second-order valence-electron chi connectivity index (χ2n) is 5.68. The zero-order chi connectivity index (χ0) is 16.6. The molecule has 0 saturated heterocycles. The van der Waals surface area contributed by atoms with Crippen molar-refractivity contribution >= 4 is 30.7 Å². The van der Waals surface area contributed by atoms with Crippen LogP contribution in [0.5, 0.6) is 5.75 Å². The maximum Gasteiger partial charge on any atom is 0.251 e. The van der Waals surface area contributed by atoms with Crippen molar-refractivity contribution in [1.29, 1.82) is 0 Å². The summed E-state index contributed by atoms with van der Waals surface area (Å²) in [6, 6.07) is 11.1. The first-order valence-corrected chi connectivity index (χ1v) is 8.10. The highest BCUT2D eigenvalue weighted by Gasteiger charge is 2.09. The molecule has 1 amide bonds. The Balaban J connectivity index is 0.00000169. The Labute approximate surface area is 166 Å². The number of carbonyl (C=O) groups excluding carboxylic acids is 1. The molecular weight excluding hydrogens is 373 g/mol. The molecule has 2 aromatic rings. The number of ether oxygens (including phenoxy) is 1. The average molecular weight is 396 g/mol. The van der Waals surface area contributed by atoms with E-state index in [1.807, 2.05) is 24.3 Å². The summed E-state index contributed by atoms with van der Waals surface area (Å²) in [4.78, 5) is 16.4. The second-order valence-corrected chi connectivity index (χ2v) is 5.68. The Hall–Kier alpha value is -2.08. The zero-order valence-corrected chi connectivity index (χ0v) is 15.9. The highest BCUT2D eigenvalue weighted by atomic mass is 35.5. The summed E-state index contributed by atoms with van der Waals surface area (Å²) in [6.07, 6.45) is 6.61. The molecule has 1 aliphatic heterocycles. The molecule has 0 fully saturated rings. The fourth-order valence-corrected chi connectivity index (χ4v) is 2.50. The van der Waals surface area contributed by atoms with Crippen LogP contribution in [0.15, 0.2) is 60.4 Å². The van der Waals surface area contributed by atoms with E-state index in [0.29, 0.717) is 24.5 Å². The standard InChI is InChI=1S/C19H21N3O2.2ClH/c23-19(22-13-15-6-9-20-10-7-15)17-4-1-5-18(11-17)24-14-16-3-2-8-21-12-16;;/h1-6,8,11-12,20H,7,9-10,13-14H2,(H,22,23);2*1H. The number of nitrogens with one attached hydrogen (secondary N) is 2. The largest absolute Gasteiger partial charge is 0.489 e. The molecule has 0 aliphatic carbocycles. The molecule has 2 heterocycles. The van der Waals surface area contributed by atoms with Crippen LogP contribution in [0, 0.1) is 0 Å². The Bertz CT molecular complexity index is 724. The van der Waals surface area contributed by atoms with Gasteiger partial charge in [-0.25, -0.2) is 0 Å². The molecule has 0 bridgehead atoms. The van der Waals surface area contributed by atoms with E-state index >= 15 is 0 Å². The number of pyridine rings is 1. The number of benzene rings is 1. The maximum absolute atomic E-state index is 12.3. The molecular formula is C19H23Cl2N3O2. The first-order valence-electron chi connectivity index (χ1n) is 8.10. The van der Waals surface area contributed by atoms with Crippen molar-refractivity contribution in [3.05, 3.63) is 71.6 Å². The molecule has 26 heavy (non-hydrogen) atoms. The minimum absolute atomic E-state index is 0. The fraction of sp³-hybridized carbons (Fsp3) is 0.263. The summed E-state index contributed by atoms with van der Waals surface area (Å²) >= 11 is 0. The van der Waals surface area contributed by atoms with Gasteiger partial charge in [-0.15, -0.1) is 24.8 Å². The van der Waals surface area contributed by atoms with Gasteiger partial charge in [0.05, 0.1) is 0 Å². The summed E-state index contributed by atoms with van der Waals surface area (Å²) in [5.74, 6) is 0.592. The smallest absolute Gasteiger partial charge is 0.251 e. The molecule has 2 N–H and O–H groups in total. The molecule has 0 atom stereocenters. The number of carbonyl (C=O) groups is 1. The van der Waals surface area contributed by atoms with Crippen molar-refractivity contribution in [3.8, 4) is 5.75 Å². The van der Waals surface area contributed by atoms with Crippen molar-refractivity contribution in [2.75, 3.05) is 19.6 Å². The third-order valence-corrected chi connectivity index (χ3v) is 3.86. The lowest BCUT2D eigenvalue weighted by atomic mass is 10.1. The molecule has 3 rings (SSSR count). The van der Waals surface area contributed by atoms with Crippen LogP contribution >= 0.6 is 24.8 Å². The molecule has 0 radical (unpaired) electrons. The Morgan fingerprint density at radius 2 is 2.12 bits per heavy atom. The summed E-state index contributed by atoms with van der Waals surface area (Å²) in [5, 5.41) is 6.23. The van der Waals surface area contributed by atoms with Crippen molar-refractivity contribution in [2.24, 2.45) is 0 Å². The van der Waals surface area contributed by atoms with E-state index < -0.39 is 0 Å². The van der Waals surface area contributed by atoms with Gasteiger partial charge in [-0.1, -0.05) is 23.8 Å². The SMILES string of the molecule is Cl.Cl.O=C(NCC1=CCNCC1)c1cccc(OCc2cccnc2)c1. The van der Waals surface area contributed by atoms with E-state index in [0.717, 1.165) is 25.1 Å². The molecule has 0 saturated carbocycles. The van der Waals surface area contributed by atoms with E-state index in [-0.39, 0.29) is 30.7 Å². The van der Waals surface area contributed by atoms with E-state index in [2.05, 4.69) is 21.7 Å². The third kappa shape index (κ3) is 6.67. The fourth-order valence-electron chi connectivity index (χ4n) is 2.50. The van der Waals surface area contributed by atoms with Gasteiger partial charge in [-0.05, 0) is 37.2 Å². The molecule has 1 aliphatic rings. The monoisotopic (exact) mass is 395 g/mol. The van der Waals surface area contributed by atoms with E-state index in [1.165, 1.54) is 5.57 Å². The minimum atomic E-state index is -0.0822. The number of aromatic nitrogens is 1. The molecule has 5 nitrogen and oxygen atoms in total. The summed E-state index contributed by atoms with van der Waals surface area (Å²) in [6.45, 7) is 2.88. The lowest BCUT2D eigenvalue weighted by Crippen LogP contribution is -2.29. The highest BCUT2D eigenvalue weighted by Crippen LogP contribution is 2.15. The minimum Gasteiger partial charge on any atom is -0.489 e. The molecule has 1 aromatic heterocycles. The first-order chi connectivity index (χ1) is 11.8.